The van der Waals surface area contributed by atoms with Crippen LogP contribution in [-0.4, -0.2) is 13.6 Å². The highest BCUT2D eigenvalue weighted by Gasteiger charge is 2.09. The highest BCUT2D eigenvalue weighted by atomic mass is 32.1. The lowest BCUT2D eigenvalue weighted by molar-refractivity contribution is 0.680. The number of rotatable bonds is 4. The van der Waals surface area contributed by atoms with E-state index in [1.54, 1.807) is 0 Å². The van der Waals surface area contributed by atoms with Gasteiger partial charge in [0.25, 0.3) is 0 Å². The Bertz CT molecular complexity index is 487. The number of nitrogens with one attached hydrogen (secondary N) is 1. The van der Waals surface area contributed by atoms with Gasteiger partial charge >= 0.3 is 0 Å². The minimum atomic E-state index is 0.578. The fourth-order valence-electron chi connectivity index (χ4n) is 2.02. The molecule has 17 heavy (non-hydrogen) atoms. The van der Waals surface area contributed by atoms with Gasteiger partial charge in [-0.25, -0.2) is 0 Å². The molecule has 0 saturated heterocycles. The molecule has 2 aromatic rings. The van der Waals surface area contributed by atoms with Crippen LogP contribution >= 0.6 is 11.3 Å². The third-order valence-electron chi connectivity index (χ3n) is 3.11. The standard InChI is InChI=1S/C15H19NS/c1-11-6-4-5-7-14(11)15-8-13(10-17-15)12(2)9-16-3/h4-8,10,12,16H,9H2,1-3H3. The molecule has 0 aliphatic carbocycles. The Morgan fingerprint density at radius 1 is 1.29 bits per heavy atom. The summed E-state index contributed by atoms with van der Waals surface area (Å²) in [7, 11) is 2.01. The molecule has 0 aliphatic heterocycles. The second-order valence-electron chi connectivity index (χ2n) is 4.52. The van der Waals surface area contributed by atoms with Crippen LogP contribution in [0.25, 0.3) is 10.4 Å². The largest absolute Gasteiger partial charge is 0.319 e. The summed E-state index contributed by atoms with van der Waals surface area (Å²) in [4.78, 5) is 1.38. The summed E-state index contributed by atoms with van der Waals surface area (Å²) in [6.07, 6.45) is 0. The first-order chi connectivity index (χ1) is 8.22. The Labute approximate surface area is 108 Å². The van der Waals surface area contributed by atoms with Crippen molar-refractivity contribution in [2.75, 3.05) is 13.6 Å². The van der Waals surface area contributed by atoms with Gasteiger partial charge in [-0.2, -0.15) is 0 Å². The van der Waals surface area contributed by atoms with Crippen molar-refractivity contribution in [2.45, 2.75) is 19.8 Å². The fraction of sp³-hybridized carbons (Fsp3) is 0.333. The number of thiophene rings is 1. The van der Waals surface area contributed by atoms with Crippen LogP contribution in [0.4, 0.5) is 0 Å². The van der Waals surface area contributed by atoms with Crippen molar-refractivity contribution in [3.05, 3.63) is 46.8 Å². The van der Waals surface area contributed by atoms with Crippen molar-refractivity contribution in [3.8, 4) is 10.4 Å². The van der Waals surface area contributed by atoms with Gasteiger partial charge in [0.05, 0.1) is 0 Å². The van der Waals surface area contributed by atoms with Gasteiger partial charge in [-0.05, 0) is 48.0 Å². The number of hydrogen-bond donors (Lipinski definition) is 1. The molecule has 1 aromatic carbocycles. The van der Waals surface area contributed by atoms with Crippen LogP contribution in [0.3, 0.4) is 0 Å². The van der Waals surface area contributed by atoms with E-state index in [-0.39, 0.29) is 0 Å². The van der Waals surface area contributed by atoms with E-state index in [9.17, 15) is 0 Å². The maximum atomic E-state index is 3.23. The van der Waals surface area contributed by atoms with Crippen LogP contribution in [0.2, 0.25) is 0 Å². The van der Waals surface area contributed by atoms with Gasteiger partial charge in [0, 0.05) is 11.4 Å². The normalized spacial score (nSPS) is 12.6. The van der Waals surface area contributed by atoms with Crippen molar-refractivity contribution in [2.24, 2.45) is 0 Å². The zero-order chi connectivity index (χ0) is 12.3. The van der Waals surface area contributed by atoms with E-state index in [1.807, 2.05) is 18.4 Å². The van der Waals surface area contributed by atoms with Crippen molar-refractivity contribution < 1.29 is 0 Å². The van der Waals surface area contributed by atoms with Gasteiger partial charge in [-0.15, -0.1) is 11.3 Å². The summed E-state index contributed by atoms with van der Waals surface area (Å²) in [5.74, 6) is 0.578. The van der Waals surface area contributed by atoms with Gasteiger partial charge < -0.3 is 5.32 Å². The number of benzene rings is 1. The van der Waals surface area contributed by atoms with Crippen molar-refractivity contribution in [3.63, 3.8) is 0 Å². The highest BCUT2D eigenvalue weighted by molar-refractivity contribution is 7.13. The smallest absolute Gasteiger partial charge is 0.0348 e. The van der Waals surface area contributed by atoms with Gasteiger partial charge in [-0.3, -0.25) is 0 Å². The van der Waals surface area contributed by atoms with Crippen molar-refractivity contribution >= 4 is 11.3 Å². The first kappa shape index (κ1) is 12.3. The van der Waals surface area contributed by atoms with E-state index in [0.717, 1.165) is 6.54 Å². The van der Waals surface area contributed by atoms with Gasteiger partial charge in [0.2, 0.25) is 0 Å². The Morgan fingerprint density at radius 2 is 2.06 bits per heavy atom. The Kier molecular flexibility index (Phi) is 3.97. The van der Waals surface area contributed by atoms with Crippen LogP contribution in [0.15, 0.2) is 35.7 Å². The molecule has 0 bridgehead atoms. The number of aryl methyl sites for hydroxylation is 1. The lowest BCUT2D eigenvalue weighted by Crippen LogP contribution is -2.14. The minimum Gasteiger partial charge on any atom is -0.319 e. The van der Waals surface area contributed by atoms with E-state index in [4.69, 9.17) is 0 Å². The molecule has 0 amide bonds. The van der Waals surface area contributed by atoms with Crippen LogP contribution in [-0.2, 0) is 0 Å². The van der Waals surface area contributed by atoms with Gasteiger partial charge in [-0.1, -0.05) is 31.2 Å². The molecule has 1 N–H and O–H groups in total. The van der Waals surface area contributed by atoms with E-state index < -0.39 is 0 Å². The molecule has 0 saturated carbocycles. The van der Waals surface area contributed by atoms with Crippen molar-refractivity contribution in [1.29, 1.82) is 0 Å². The molecular weight excluding hydrogens is 226 g/mol. The van der Waals surface area contributed by atoms with E-state index >= 15 is 0 Å². The Balaban J connectivity index is 2.27. The molecule has 1 aromatic heterocycles. The molecule has 2 rings (SSSR count). The summed E-state index contributed by atoms with van der Waals surface area (Å²) in [6, 6.07) is 10.9. The van der Waals surface area contributed by atoms with Crippen LogP contribution < -0.4 is 5.32 Å². The van der Waals surface area contributed by atoms with E-state index in [1.165, 1.54) is 21.6 Å². The van der Waals surface area contributed by atoms with Gasteiger partial charge in [0.15, 0.2) is 0 Å². The molecule has 0 aliphatic rings. The molecule has 0 radical (unpaired) electrons. The maximum Gasteiger partial charge on any atom is 0.0348 e. The first-order valence-electron chi connectivity index (χ1n) is 6.01. The molecule has 2 heteroatoms. The second-order valence-corrected chi connectivity index (χ2v) is 5.43. The summed E-state index contributed by atoms with van der Waals surface area (Å²) in [5, 5.41) is 5.51. The zero-order valence-electron chi connectivity index (χ0n) is 10.7. The highest BCUT2D eigenvalue weighted by Crippen LogP contribution is 2.32. The molecule has 1 heterocycles. The zero-order valence-corrected chi connectivity index (χ0v) is 11.5. The lowest BCUT2D eigenvalue weighted by atomic mass is 10.0. The minimum absolute atomic E-state index is 0.578. The van der Waals surface area contributed by atoms with Gasteiger partial charge in [0.1, 0.15) is 0 Å². The first-order valence-corrected chi connectivity index (χ1v) is 6.89. The number of hydrogen-bond acceptors (Lipinski definition) is 2. The quantitative estimate of drug-likeness (QED) is 0.857. The Morgan fingerprint density at radius 3 is 2.76 bits per heavy atom. The summed E-state index contributed by atoms with van der Waals surface area (Å²) < 4.78 is 0. The molecule has 1 unspecified atom stereocenters. The molecule has 90 valence electrons. The van der Waals surface area contributed by atoms with Crippen LogP contribution in [0.5, 0.6) is 0 Å². The SMILES string of the molecule is CNCC(C)c1csc(-c2ccccc2C)c1. The average Bonchev–Trinajstić information content (AvgIpc) is 2.79. The second kappa shape index (κ2) is 5.48. The average molecular weight is 245 g/mol. The van der Waals surface area contributed by atoms with Crippen molar-refractivity contribution in [1.82, 2.24) is 5.32 Å². The molecule has 0 spiro atoms. The monoisotopic (exact) mass is 245 g/mol. The topological polar surface area (TPSA) is 12.0 Å². The fourth-order valence-corrected chi connectivity index (χ4v) is 3.15. The summed E-state index contributed by atoms with van der Waals surface area (Å²) in [5.41, 5.74) is 4.14. The Hall–Kier alpha value is -1.12. The third-order valence-corrected chi connectivity index (χ3v) is 4.09. The molecular formula is C15H19NS. The summed E-state index contributed by atoms with van der Waals surface area (Å²) >= 11 is 1.84. The summed E-state index contributed by atoms with van der Waals surface area (Å²) in [6.45, 7) is 5.47. The maximum absolute atomic E-state index is 3.23. The van der Waals surface area contributed by atoms with E-state index in [0.29, 0.717) is 5.92 Å². The molecule has 1 nitrogen and oxygen atoms in total. The molecule has 1 atom stereocenters. The predicted molar refractivity (Wildman–Crippen MR) is 76.8 cm³/mol. The van der Waals surface area contributed by atoms with Crippen LogP contribution in [0, 0.1) is 6.92 Å². The molecule has 0 fully saturated rings. The lowest BCUT2D eigenvalue weighted by Gasteiger charge is -2.07. The predicted octanol–water partition coefficient (Wildman–Crippen LogP) is 4.05. The van der Waals surface area contributed by atoms with Crippen LogP contribution in [0.1, 0.15) is 24.0 Å². The number of likely N-dealkylation sites (N-methyl/N-ethyl adjacent to an activating group) is 1. The third kappa shape index (κ3) is 2.76. The van der Waals surface area contributed by atoms with E-state index in [2.05, 4.69) is 54.9 Å².